The van der Waals surface area contributed by atoms with Crippen molar-refractivity contribution in [2.24, 2.45) is 0 Å². The number of aromatic hydroxyl groups is 1. The number of nitrogens with zero attached hydrogens (tertiary/aromatic N) is 2. The van der Waals surface area contributed by atoms with Gasteiger partial charge in [-0.3, -0.25) is 4.79 Å². The molecule has 2 aromatic carbocycles. The molecule has 0 atom stereocenters. The smallest absolute Gasteiger partial charge is 0.277 e. The van der Waals surface area contributed by atoms with Crippen LogP contribution in [0.15, 0.2) is 52.1 Å². The second-order valence-electron chi connectivity index (χ2n) is 4.88. The topological polar surface area (TPSA) is 88.2 Å². The van der Waals surface area contributed by atoms with Crippen LogP contribution in [0.1, 0.15) is 0 Å². The van der Waals surface area contributed by atoms with Gasteiger partial charge in [0.05, 0.1) is 11.4 Å². The fourth-order valence-electron chi connectivity index (χ4n) is 1.93. The fraction of sp³-hybridized carbons (Fsp3) is 0.0625. The maximum atomic E-state index is 12.0. The molecule has 3 aromatic rings. The predicted molar refractivity (Wildman–Crippen MR) is 97.2 cm³/mol. The van der Waals surface area contributed by atoms with Crippen LogP contribution in [0.25, 0.3) is 11.5 Å². The van der Waals surface area contributed by atoms with E-state index in [-0.39, 0.29) is 28.3 Å². The van der Waals surface area contributed by atoms with E-state index in [1.165, 1.54) is 18.2 Å². The lowest BCUT2D eigenvalue weighted by molar-refractivity contribution is -0.113. The number of phenols is 1. The van der Waals surface area contributed by atoms with Gasteiger partial charge in [-0.05, 0) is 36.4 Å². The number of carbonyl (C=O) groups excluding carboxylic acids is 1. The number of rotatable bonds is 5. The molecular weight excluding hydrogens is 385 g/mol. The van der Waals surface area contributed by atoms with Crippen molar-refractivity contribution in [1.29, 1.82) is 0 Å². The molecule has 1 aromatic heterocycles. The molecule has 0 bridgehead atoms. The van der Waals surface area contributed by atoms with Crippen LogP contribution in [-0.2, 0) is 4.79 Å². The number of nitrogens with one attached hydrogen (secondary N) is 1. The first-order chi connectivity index (χ1) is 12.0. The van der Waals surface area contributed by atoms with E-state index in [0.717, 1.165) is 11.8 Å². The van der Waals surface area contributed by atoms with Gasteiger partial charge in [-0.15, -0.1) is 10.2 Å². The van der Waals surface area contributed by atoms with Crippen molar-refractivity contribution < 1.29 is 14.3 Å². The van der Waals surface area contributed by atoms with E-state index in [0.29, 0.717) is 21.5 Å². The molecule has 0 radical (unpaired) electrons. The molecule has 0 spiro atoms. The van der Waals surface area contributed by atoms with Gasteiger partial charge in [0.1, 0.15) is 5.75 Å². The number of halogens is 2. The highest BCUT2D eigenvalue weighted by atomic mass is 35.5. The third-order valence-corrected chi connectivity index (χ3v) is 4.33. The van der Waals surface area contributed by atoms with Gasteiger partial charge in [0.25, 0.3) is 5.22 Å². The van der Waals surface area contributed by atoms with Crippen molar-refractivity contribution >= 4 is 46.6 Å². The zero-order valence-corrected chi connectivity index (χ0v) is 14.9. The molecule has 9 heteroatoms. The van der Waals surface area contributed by atoms with E-state index >= 15 is 0 Å². The Morgan fingerprint density at radius 3 is 2.76 bits per heavy atom. The molecule has 128 valence electrons. The Morgan fingerprint density at radius 1 is 1.16 bits per heavy atom. The van der Waals surface area contributed by atoms with E-state index in [4.69, 9.17) is 27.6 Å². The number of amides is 1. The Morgan fingerprint density at radius 2 is 1.96 bits per heavy atom. The van der Waals surface area contributed by atoms with Crippen LogP contribution >= 0.6 is 35.0 Å². The molecule has 0 saturated heterocycles. The van der Waals surface area contributed by atoms with Crippen molar-refractivity contribution in [3.05, 3.63) is 52.5 Å². The molecule has 1 amide bonds. The second-order valence-corrected chi connectivity index (χ2v) is 6.68. The van der Waals surface area contributed by atoms with Gasteiger partial charge in [-0.2, -0.15) is 0 Å². The third kappa shape index (κ3) is 4.66. The molecular formula is C16H11Cl2N3O3S. The predicted octanol–water partition coefficient (Wildman–Crippen LogP) is 4.48. The third-order valence-electron chi connectivity index (χ3n) is 3.04. The molecule has 25 heavy (non-hydrogen) atoms. The van der Waals surface area contributed by atoms with Gasteiger partial charge in [0.15, 0.2) is 0 Å². The van der Waals surface area contributed by atoms with E-state index in [2.05, 4.69) is 15.5 Å². The first kappa shape index (κ1) is 17.6. The number of anilines is 1. The quantitative estimate of drug-likeness (QED) is 0.488. The lowest BCUT2D eigenvalue weighted by Crippen LogP contribution is -2.14. The number of phenolic OH excluding ortho intramolecular Hbond substituents is 1. The van der Waals surface area contributed by atoms with Crippen LogP contribution in [0.5, 0.6) is 5.75 Å². The highest BCUT2D eigenvalue weighted by Gasteiger charge is 2.13. The van der Waals surface area contributed by atoms with Gasteiger partial charge in [0, 0.05) is 15.6 Å². The Bertz CT molecular complexity index is 917. The molecule has 0 aliphatic carbocycles. The minimum absolute atomic E-state index is 0.0309. The van der Waals surface area contributed by atoms with E-state index in [1.54, 1.807) is 24.3 Å². The summed E-state index contributed by atoms with van der Waals surface area (Å²) >= 11 is 12.8. The summed E-state index contributed by atoms with van der Waals surface area (Å²) in [6.07, 6.45) is 0. The Labute approximate surface area is 157 Å². The summed E-state index contributed by atoms with van der Waals surface area (Å²) in [5.41, 5.74) is 0.934. The highest BCUT2D eigenvalue weighted by molar-refractivity contribution is 7.99. The molecule has 0 saturated carbocycles. The summed E-state index contributed by atoms with van der Waals surface area (Å²) < 4.78 is 5.50. The zero-order valence-electron chi connectivity index (χ0n) is 12.6. The van der Waals surface area contributed by atoms with E-state index < -0.39 is 0 Å². The molecule has 0 aliphatic rings. The number of benzene rings is 2. The van der Waals surface area contributed by atoms with Crippen LogP contribution in [0.4, 0.5) is 5.69 Å². The highest BCUT2D eigenvalue weighted by Crippen LogP contribution is 2.28. The van der Waals surface area contributed by atoms with Gasteiger partial charge in [-0.25, -0.2) is 0 Å². The first-order valence-electron chi connectivity index (χ1n) is 7.02. The summed E-state index contributed by atoms with van der Waals surface area (Å²) in [6.45, 7) is 0. The number of hydrogen-bond acceptors (Lipinski definition) is 6. The first-order valence-corrected chi connectivity index (χ1v) is 8.76. The van der Waals surface area contributed by atoms with Gasteiger partial charge < -0.3 is 14.8 Å². The average Bonchev–Trinajstić information content (AvgIpc) is 3.05. The number of carbonyl (C=O) groups is 1. The molecule has 1 heterocycles. The average molecular weight is 396 g/mol. The minimum atomic E-state index is -0.343. The molecule has 3 rings (SSSR count). The molecule has 6 nitrogen and oxygen atoms in total. The SMILES string of the molecule is O=C(CSc1nnc(-c2cccc(Cl)c2)o1)Nc1cc(Cl)ccc1O. The lowest BCUT2D eigenvalue weighted by atomic mass is 10.2. The molecule has 0 unspecified atom stereocenters. The van der Waals surface area contributed by atoms with Gasteiger partial charge in [-0.1, -0.05) is 41.0 Å². The zero-order chi connectivity index (χ0) is 17.8. The van der Waals surface area contributed by atoms with Crippen molar-refractivity contribution in [2.45, 2.75) is 5.22 Å². The monoisotopic (exact) mass is 395 g/mol. The van der Waals surface area contributed by atoms with E-state index in [9.17, 15) is 9.90 Å². The summed E-state index contributed by atoms with van der Waals surface area (Å²) in [5, 5.41) is 21.3. The number of aromatic nitrogens is 2. The van der Waals surface area contributed by atoms with Gasteiger partial charge in [0.2, 0.25) is 11.8 Å². The standard InChI is InChI=1S/C16H11Cl2N3O3S/c17-10-3-1-2-9(6-10)15-20-21-16(24-15)25-8-14(23)19-12-7-11(18)4-5-13(12)22/h1-7,22H,8H2,(H,19,23). The van der Waals surface area contributed by atoms with Crippen molar-refractivity contribution in [2.75, 3.05) is 11.1 Å². The summed E-state index contributed by atoms with van der Waals surface area (Å²) in [7, 11) is 0. The largest absolute Gasteiger partial charge is 0.506 e. The maximum absolute atomic E-state index is 12.0. The summed E-state index contributed by atoms with van der Waals surface area (Å²) in [5.74, 6) is -0.0601. The van der Waals surface area contributed by atoms with Crippen LogP contribution in [0, 0.1) is 0 Å². The fourth-order valence-corrected chi connectivity index (χ4v) is 2.85. The van der Waals surface area contributed by atoms with Crippen LogP contribution in [0.3, 0.4) is 0 Å². The Balaban J connectivity index is 1.60. The minimum Gasteiger partial charge on any atom is -0.506 e. The molecule has 2 N–H and O–H groups in total. The van der Waals surface area contributed by atoms with Crippen molar-refractivity contribution in [3.63, 3.8) is 0 Å². The Hall–Kier alpha value is -2.22. The number of thioether (sulfide) groups is 1. The Kier molecular flexibility index (Phi) is 5.47. The number of hydrogen-bond donors (Lipinski definition) is 2. The second kappa shape index (κ2) is 7.77. The van der Waals surface area contributed by atoms with Crippen LogP contribution < -0.4 is 5.32 Å². The van der Waals surface area contributed by atoms with Crippen molar-refractivity contribution in [3.8, 4) is 17.2 Å². The van der Waals surface area contributed by atoms with Crippen LogP contribution in [0.2, 0.25) is 10.0 Å². The summed E-state index contributed by atoms with van der Waals surface area (Å²) in [6, 6.07) is 11.4. The van der Waals surface area contributed by atoms with Crippen LogP contribution in [-0.4, -0.2) is 27.0 Å². The molecule has 0 fully saturated rings. The van der Waals surface area contributed by atoms with Gasteiger partial charge >= 0.3 is 0 Å². The molecule has 0 aliphatic heterocycles. The normalized spacial score (nSPS) is 10.6. The maximum Gasteiger partial charge on any atom is 0.277 e. The van der Waals surface area contributed by atoms with Crippen molar-refractivity contribution in [1.82, 2.24) is 10.2 Å². The summed E-state index contributed by atoms with van der Waals surface area (Å²) in [4.78, 5) is 12.0. The lowest BCUT2D eigenvalue weighted by Gasteiger charge is -2.06. The van der Waals surface area contributed by atoms with E-state index in [1.807, 2.05) is 0 Å².